The summed E-state index contributed by atoms with van der Waals surface area (Å²) in [6, 6.07) is 1.77. The van der Waals surface area contributed by atoms with Gasteiger partial charge in [-0.25, -0.2) is 4.98 Å². The Hall–Kier alpha value is -1.35. The second kappa shape index (κ2) is 7.49. The third-order valence-corrected chi connectivity index (χ3v) is 5.43. The van der Waals surface area contributed by atoms with Crippen molar-refractivity contribution in [1.29, 1.82) is 0 Å². The molecule has 1 aliphatic rings. The lowest BCUT2D eigenvalue weighted by Crippen LogP contribution is -2.41. The molecule has 1 aliphatic heterocycles. The smallest absolute Gasteiger partial charge is 0.400 e. The highest BCUT2D eigenvalue weighted by atomic mass is 32.2. The molecule has 2 heterocycles. The molecule has 3 N–H and O–H groups in total. The van der Waals surface area contributed by atoms with Crippen LogP contribution in [0.4, 0.5) is 5.82 Å². The van der Waals surface area contributed by atoms with E-state index >= 15 is 0 Å². The minimum absolute atomic E-state index is 0.0221. The first kappa shape index (κ1) is 20.0. The Balaban J connectivity index is 2.35. The van der Waals surface area contributed by atoms with Crippen molar-refractivity contribution in [1.82, 2.24) is 4.98 Å². The maximum Gasteiger partial charge on any atom is 0.491 e. The monoisotopic (exact) mass is 364 g/mol. The summed E-state index contributed by atoms with van der Waals surface area (Å²) < 4.78 is 12.2. The van der Waals surface area contributed by atoms with E-state index in [9.17, 15) is 9.90 Å². The van der Waals surface area contributed by atoms with Gasteiger partial charge >= 0.3 is 7.12 Å². The molecule has 2 rings (SSSR count). The number of anilines is 1. The number of aliphatic hydroxyl groups is 1. The number of pyridine rings is 1. The van der Waals surface area contributed by atoms with Crippen LogP contribution in [0.5, 0.6) is 0 Å². The molecule has 1 fully saturated rings. The molecule has 8 heteroatoms. The van der Waals surface area contributed by atoms with Gasteiger partial charge in [-0.1, -0.05) is 17.8 Å². The fraction of sp³-hybridized carbons (Fsp3) is 0.529. The molecule has 1 aromatic rings. The quantitative estimate of drug-likeness (QED) is 0.775. The van der Waals surface area contributed by atoms with E-state index in [0.717, 1.165) is 11.0 Å². The number of aliphatic hydroxyl groups excluding tert-OH is 1. The summed E-state index contributed by atoms with van der Waals surface area (Å²) in [4.78, 5) is 15.5. The normalized spacial score (nSPS) is 19.3. The first-order chi connectivity index (χ1) is 11.6. The molecule has 1 aromatic heterocycles. The van der Waals surface area contributed by atoms with Crippen molar-refractivity contribution in [2.24, 2.45) is 0 Å². The second-order valence-corrected chi connectivity index (χ2v) is 8.21. The summed E-state index contributed by atoms with van der Waals surface area (Å²) in [6.07, 6.45) is 3.50. The Labute approximate surface area is 153 Å². The van der Waals surface area contributed by atoms with E-state index in [2.05, 4.69) is 4.98 Å². The standard InChI is InChI=1S/C17H25BN2O4S/c1-11(22)25-10-14(18-23-16(2,3)17(4,5)24-18)7-12-6-13(9-21)15(19)20-8-12/h6-8,21H,9-10H2,1-5H3,(H2,19,20). The largest absolute Gasteiger partial charge is 0.491 e. The first-order valence-corrected chi connectivity index (χ1v) is 9.09. The molecule has 0 aliphatic carbocycles. The zero-order valence-electron chi connectivity index (χ0n) is 15.3. The molecule has 25 heavy (non-hydrogen) atoms. The first-order valence-electron chi connectivity index (χ1n) is 8.10. The van der Waals surface area contributed by atoms with Crippen molar-refractivity contribution in [3.63, 3.8) is 0 Å². The maximum atomic E-state index is 11.4. The van der Waals surface area contributed by atoms with E-state index in [1.54, 1.807) is 12.3 Å². The number of aromatic nitrogens is 1. The van der Waals surface area contributed by atoms with E-state index in [0.29, 0.717) is 17.1 Å². The number of rotatable bonds is 5. The van der Waals surface area contributed by atoms with E-state index in [4.69, 9.17) is 15.0 Å². The van der Waals surface area contributed by atoms with Crippen LogP contribution in [0.2, 0.25) is 0 Å². The van der Waals surface area contributed by atoms with E-state index < -0.39 is 18.3 Å². The Bertz CT molecular complexity index is 675. The molecule has 0 atom stereocenters. The molecule has 0 unspecified atom stereocenters. The van der Waals surface area contributed by atoms with Gasteiger partial charge in [-0.2, -0.15) is 0 Å². The van der Waals surface area contributed by atoms with Crippen LogP contribution in [0, 0.1) is 0 Å². The van der Waals surface area contributed by atoms with Gasteiger partial charge in [0.2, 0.25) is 0 Å². The van der Waals surface area contributed by atoms with Crippen molar-refractivity contribution in [3.8, 4) is 0 Å². The van der Waals surface area contributed by atoms with E-state index in [-0.39, 0.29) is 11.7 Å². The van der Waals surface area contributed by atoms with Crippen molar-refractivity contribution < 1.29 is 19.2 Å². The summed E-state index contributed by atoms with van der Waals surface area (Å²) in [7, 11) is -0.549. The molecule has 0 radical (unpaired) electrons. The number of carbonyl (C=O) groups excluding carboxylic acids is 1. The van der Waals surface area contributed by atoms with Gasteiger partial charge in [0.05, 0.1) is 17.8 Å². The summed E-state index contributed by atoms with van der Waals surface area (Å²) >= 11 is 1.20. The molecule has 6 nitrogen and oxygen atoms in total. The number of hydrogen-bond donors (Lipinski definition) is 2. The van der Waals surface area contributed by atoms with Crippen LogP contribution < -0.4 is 5.73 Å². The highest BCUT2D eigenvalue weighted by molar-refractivity contribution is 8.13. The number of hydrogen-bond acceptors (Lipinski definition) is 7. The average Bonchev–Trinajstić information content (AvgIpc) is 2.73. The van der Waals surface area contributed by atoms with Crippen LogP contribution in [0.25, 0.3) is 6.08 Å². The fourth-order valence-electron chi connectivity index (χ4n) is 2.32. The lowest BCUT2D eigenvalue weighted by Gasteiger charge is -2.32. The highest BCUT2D eigenvalue weighted by Crippen LogP contribution is 2.39. The third-order valence-electron chi connectivity index (χ3n) is 4.54. The minimum atomic E-state index is -0.549. The number of carbonyl (C=O) groups is 1. The lowest BCUT2D eigenvalue weighted by atomic mass is 9.78. The summed E-state index contributed by atoms with van der Waals surface area (Å²) in [5, 5.41) is 9.39. The Kier molecular flexibility index (Phi) is 5.99. The van der Waals surface area contributed by atoms with Crippen molar-refractivity contribution in [2.75, 3.05) is 11.5 Å². The topological polar surface area (TPSA) is 94.7 Å². The van der Waals surface area contributed by atoms with Crippen LogP contribution in [0.1, 0.15) is 45.7 Å². The number of nitrogens with two attached hydrogens (primary N) is 1. The van der Waals surface area contributed by atoms with Gasteiger partial charge in [0.15, 0.2) is 5.12 Å². The second-order valence-electron chi connectivity index (χ2n) is 7.06. The average molecular weight is 364 g/mol. The summed E-state index contributed by atoms with van der Waals surface area (Å²) in [6.45, 7) is 9.28. The summed E-state index contributed by atoms with van der Waals surface area (Å²) in [5.41, 5.74) is 6.96. The molecular weight excluding hydrogens is 339 g/mol. The SMILES string of the molecule is CC(=O)SCC(=Cc1cnc(N)c(CO)c1)B1OC(C)(C)C(C)(C)O1. The van der Waals surface area contributed by atoms with Crippen molar-refractivity contribution >= 4 is 35.9 Å². The molecule has 0 saturated carbocycles. The van der Waals surface area contributed by atoms with Gasteiger partial charge in [0, 0.05) is 24.4 Å². The van der Waals surface area contributed by atoms with Gasteiger partial charge in [-0.05, 0) is 44.8 Å². The number of nitrogen functional groups attached to an aromatic ring is 1. The molecule has 0 aromatic carbocycles. The predicted octanol–water partition coefficient (Wildman–Crippen LogP) is 2.45. The van der Waals surface area contributed by atoms with Crippen molar-refractivity contribution in [2.45, 2.75) is 52.4 Å². The van der Waals surface area contributed by atoms with Crippen molar-refractivity contribution in [3.05, 3.63) is 28.9 Å². The molecule has 0 spiro atoms. The van der Waals surface area contributed by atoms with Gasteiger partial charge in [0.25, 0.3) is 0 Å². The zero-order valence-corrected chi connectivity index (χ0v) is 16.1. The third kappa shape index (κ3) is 4.64. The van der Waals surface area contributed by atoms with Gasteiger partial charge in [-0.3, -0.25) is 4.79 Å². The maximum absolute atomic E-state index is 11.4. The van der Waals surface area contributed by atoms with E-state index in [1.165, 1.54) is 18.7 Å². The van der Waals surface area contributed by atoms with Crippen LogP contribution in [-0.4, -0.2) is 39.3 Å². The minimum Gasteiger partial charge on any atom is -0.400 e. The van der Waals surface area contributed by atoms with Gasteiger partial charge < -0.3 is 20.1 Å². The fourth-order valence-corrected chi connectivity index (χ4v) is 2.91. The number of nitrogens with zero attached hydrogens (tertiary/aromatic N) is 1. The Morgan fingerprint density at radius 3 is 2.48 bits per heavy atom. The van der Waals surface area contributed by atoms with Crippen LogP contribution in [0.3, 0.4) is 0 Å². The molecule has 0 bridgehead atoms. The molecule has 0 amide bonds. The van der Waals surface area contributed by atoms with Crippen LogP contribution in [-0.2, 0) is 20.7 Å². The van der Waals surface area contributed by atoms with Crippen LogP contribution in [0.15, 0.2) is 17.7 Å². The molecule has 136 valence electrons. The molecule has 1 saturated heterocycles. The van der Waals surface area contributed by atoms with E-state index in [1.807, 2.05) is 33.8 Å². The Morgan fingerprint density at radius 2 is 1.96 bits per heavy atom. The highest BCUT2D eigenvalue weighted by Gasteiger charge is 2.52. The summed E-state index contributed by atoms with van der Waals surface area (Å²) in [5.74, 6) is 0.750. The lowest BCUT2D eigenvalue weighted by molar-refractivity contribution is -0.109. The Morgan fingerprint density at radius 1 is 1.36 bits per heavy atom. The van der Waals surface area contributed by atoms with Crippen LogP contribution >= 0.6 is 11.8 Å². The molecular formula is C17H25BN2O4S. The van der Waals surface area contributed by atoms with Gasteiger partial charge in [-0.15, -0.1) is 0 Å². The van der Waals surface area contributed by atoms with Gasteiger partial charge in [0.1, 0.15) is 5.82 Å². The zero-order chi connectivity index (χ0) is 18.8. The predicted molar refractivity (Wildman–Crippen MR) is 102 cm³/mol. The number of thioether (sulfide) groups is 1.